The number of nitrogens with one attached hydrogen (secondary N) is 2. The third-order valence-corrected chi connectivity index (χ3v) is 4.42. The Morgan fingerprint density at radius 3 is 2.46 bits per heavy atom. The molecule has 0 fully saturated rings. The lowest BCUT2D eigenvalue weighted by molar-refractivity contribution is -0.117. The van der Waals surface area contributed by atoms with Crippen molar-refractivity contribution in [3.05, 3.63) is 40.1 Å². The Kier molecular flexibility index (Phi) is 6.88. The lowest BCUT2D eigenvalue weighted by Crippen LogP contribution is -2.45. The molecule has 0 aliphatic carbocycles. The molecule has 9 heteroatoms. The van der Waals surface area contributed by atoms with Crippen molar-refractivity contribution < 1.29 is 14.1 Å². The van der Waals surface area contributed by atoms with E-state index in [0.717, 1.165) is 0 Å². The van der Waals surface area contributed by atoms with Crippen LogP contribution >= 0.6 is 23.2 Å². The molecule has 2 rings (SSSR count). The normalized spacial score (nSPS) is 11.7. The Morgan fingerprint density at radius 2 is 1.92 bits per heavy atom. The fourth-order valence-electron chi connectivity index (χ4n) is 2.21. The van der Waals surface area contributed by atoms with E-state index in [-0.39, 0.29) is 18.5 Å². The predicted octanol–water partition coefficient (Wildman–Crippen LogP) is 4.56. The maximum absolute atomic E-state index is 12.7. The number of para-hydroxylation sites is 1. The molecule has 0 aliphatic heterocycles. The van der Waals surface area contributed by atoms with Crippen molar-refractivity contribution in [3.8, 4) is 0 Å². The molecule has 26 heavy (non-hydrogen) atoms. The average molecular weight is 399 g/mol. The summed E-state index contributed by atoms with van der Waals surface area (Å²) in [7, 11) is 0. The quantitative estimate of drug-likeness (QED) is 0.746. The Hall–Kier alpha value is -2.25. The van der Waals surface area contributed by atoms with Crippen LogP contribution in [0.15, 0.2) is 28.8 Å². The number of nitrogens with zero attached hydrogens (tertiary/aromatic N) is 2. The molecule has 2 N–H and O–H groups in total. The van der Waals surface area contributed by atoms with Gasteiger partial charge in [0.05, 0.1) is 15.7 Å². The van der Waals surface area contributed by atoms with E-state index in [1.165, 1.54) is 4.90 Å². The molecular formula is C17H20Cl2N4O3. The summed E-state index contributed by atoms with van der Waals surface area (Å²) < 4.78 is 4.90. The molecular weight excluding hydrogens is 379 g/mol. The SMILES string of the molecule is CC[C@@H](C)N(CC(=O)Nc1cc(C)on1)C(=O)Nc1c(Cl)cccc1Cl. The van der Waals surface area contributed by atoms with Gasteiger partial charge in [-0.25, -0.2) is 4.79 Å². The van der Waals surface area contributed by atoms with Crippen molar-refractivity contribution in [3.63, 3.8) is 0 Å². The van der Waals surface area contributed by atoms with Crippen molar-refractivity contribution in [2.24, 2.45) is 0 Å². The van der Waals surface area contributed by atoms with Crippen LogP contribution in [0.5, 0.6) is 0 Å². The minimum atomic E-state index is -0.471. The van der Waals surface area contributed by atoms with E-state index >= 15 is 0 Å². The van der Waals surface area contributed by atoms with Crippen LogP contribution in [0.2, 0.25) is 10.0 Å². The summed E-state index contributed by atoms with van der Waals surface area (Å²) in [5.41, 5.74) is 0.307. The highest BCUT2D eigenvalue weighted by Crippen LogP contribution is 2.30. The number of rotatable bonds is 6. The van der Waals surface area contributed by atoms with E-state index in [1.807, 2.05) is 13.8 Å². The van der Waals surface area contributed by atoms with Gasteiger partial charge in [-0.2, -0.15) is 0 Å². The van der Waals surface area contributed by atoms with Gasteiger partial charge in [0.2, 0.25) is 5.91 Å². The largest absolute Gasteiger partial charge is 0.360 e. The molecule has 1 atom stereocenters. The third kappa shape index (κ3) is 5.12. The number of aromatic nitrogens is 1. The molecule has 1 aromatic heterocycles. The van der Waals surface area contributed by atoms with E-state index in [0.29, 0.717) is 33.7 Å². The molecule has 1 aromatic carbocycles. The van der Waals surface area contributed by atoms with Crippen LogP contribution in [-0.2, 0) is 4.79 Å². The predicted molar refractivity (Wildman–Crippen MR) is 102 cm³/mol. The molecule has 3 amide bonds. The molecule has 0 bridgehead atoms. The lowest BCUT2D eigenvalue weighted by Gasteiger charge is -2.28. The van der Waals surface area contributed by atoms with Crippen molar-refractivity contribution >= 4 is 46.6 Å². The standard InChI is InChI=1S/C17H20Cl2N4O3/c1-4-10(2)23(9-15(24)20-14-8-11(3)26-22-14)17(25)21-16-12(18)6-5-7-13(16)19/h5-8,10H,4,9H2,1-3H3,(H,21,25)(H,20,22,24)/t10-/m1/s1. The smallest absolute Gasteiger partial charge is 0.322 e. The molecule has 0 unspecified atom stereocenters. The fraction of sp³-hybridized carbons (Fsp3) is 0.353. The summed E-state index contributed by atoms with van der Waals surface area (Å²) in [5, 5.41) is 9.61. The summed E-state index contributed by atoms with van der Waals surface area (Å²) in [6.07, 6.45) is 0.667. The van der Waals surface area contributed by atoms with E-state index in [9.17, 15) is 9.59 Å². The second-order valence-corrected chi connectivity index (χ2v) is 6.60. The second-order valence-electron chi connectivity index (χ2n) is 5.78. The molecule has 0 aliphatic rings. The maximum atomic E-state index is 12.7. The Morgan fingerprint density at radius 1 is 1.27 bits per heavy atom. The number of hydrogen-bond donors (Lipinski definition) is 2. The van der Waals surface area contributed by atoms with Gasteiger partial charge in [-0.1, -0.05) is 41.3 Å². The number of carbonyl (C=O) groups is 2. The van der Waals surface area contributed by atoms with Crippen LogP contribution in [0.3, 0.4) is 0 Å². The molecule has 0 saturated heterocycles. The number of carbonyl (C=O) groups excluding carboxylic acids is 2. The summed E-state index contributed by atoms with van der Waals surface area (Å²) in [6.45, 7) is 5.33. The Bertz CT molecular complexity index is 774. The van der Waals surface area contributed by atoms with Gasteiger partial charge < -0.3 is 20.1 Å². The van der Waals surface area contributed by atoms with Gasteiger partial charge >= 0.3 is 6.03 Å². The van der Waals surface area contributed by atoms with Crippen LogP contribution < -0.4 is 10.6 Å². The molecule has 0 radical (unpaired) electrons. The Labute approximate surface area is 161 Å². The summed E-state index contributed by atoms with van der Waals surface area (Å²) in [5.74, 6) is 0.482. The number of halogens is 2. The highest BCUT2D eigenvalue weighted by atomic mass is 35.5. The first-order chi connectivity index (χ1) is 12.3. The van der Waals surface area contributed by atoms with E-state index in [2.05, 4.69) is 15.8 Å². The number of benzene rings is 1. The van der Waals surface area contributed by atoms with Gasteiger partial charge in [-0.3, -0.25) is 4.79 Å². The number of hydrogen-bond acceptors (Lipinski definition) is 4. The molecule has 1 heterocycles. The fourth-order valence-corrected chi connectivity index (χ4v) is 2.70. The van der Waals surface area contributed by atoms with Gasteiger partial charge in [0, 0.05) is 12.1 Å². The summed E-state index contributed by atoms with van der Waals surface area (Å²) in [6, 6.07) is 5.86. The van der Waals surface area contributed by atoms with Crippen LogP contribution in [-0.4, -0.2) is 34.6 Å². The van der Waals surface area contributed by atoms with Crippen molar-refractivity contribution in [2.75, 3.05) is 17.2 Å². The van der Waals surface area contributed by atoms with E-state index in [1.54, 1.807) is 31.2 Å². The zero-order valence-corrected chi connectivity index (χ0v) is 16.2. The molecule has 0 saturated carbocycles. The zero-order valence-electron chi connectivity index (χ0n) is 14.7. The van der Waals surface area contributed by atoms with Gasteiger partial charge in [0.1, 0.15) is 12.3 Å². The maximum Gasteiger partial charge on any atom is 0.322 e. The summed E-state index contributed by atoms with van der Waals surface area (Å²) in [4.78, 5) is 26.4. The van der Waals surface area contributed by atoms with Crippen molar-refractivity contribution in [1.82, 2.24) is 10.1 Å². The van der Waals surface area contributed by atoms with Gasteiger partial charge in [-0.15, -0.1) is 0 Å². The molecule has 0 spiro atoms. The highest BCUT2D eigenvalue weighted by Gasteiger charge is 2.23. The minimum absolute atomic E-state index is 0.158. The first-order valence-electron chi connectivity index (χ1n) is 8.06. The van der Waals surface area contributed by atoms with Crippen LogP contribution in [0, 0.1) is 6.92 Å². The van der Waals surface area contributed by atoms with Crippen molar-refractivity contribution in [1.29, 1.82) is 0 Å². The van der Waals surface area contributed by atoms with Crippen LogP contribution in [0.25, 0.3) is 0 Å². The van der Waals surface area contributed by atoms with Crippen LogP contribution in [0.1, 0.15) is 26.0 Å². The minimum Gasteiger partial charge on any atom is -0.360 e. The van der Waals surface area contributed by atoms with Crippen molar-refractivity contribution in [2.45, 2.75) is 33.2 Å². The molecule has 140 valence electrons. The first kappa shape index (κ1) is 20.1. The van der Waals surface area contributed by atoms with E-state index < -0.39 is 6.03 Å². The molecule has 7 nitrogen and oxygen atoms in total. The number of aryl methyl sites for hydroxylation is 1. The lowest BCUT2D eigenvalue weighted by atomic mass is 10.2. The average Bonchev–Trinajstić information content (AvgIpc) is 3.00. The van der Waals surface area contributed by atoms with Gasteiger partial charge in [0.15, 0.2) is 5.82 Å². The second kappa shape index (κ2) is 8.91. The Balaban J connectivity index is 2.10. The van der Waals surface area contributed by atoms with Gasteiger partial charge in [-0.05, 0) is 32.4 Å². The monoisotopic (exact) mass is 398 g/mol. The first-order valence-corrected chi connectivity index (χ1v) is 8.82. The molecule has 2 aromatic rings. The summed E-state index contributed by atoms with van der Waals surface area (Å²) >= 11 is 12.2. The number of urea groups is 1. The van der Waals surface area contributed by atoms with Crippen LogP contribution in [0.4, 0.5) is 16.3 Å². The van der Waals surface area contributed by atoms with Gasteiger partial charge in [0.25, 0.3) is 0 Å². The third-order valence-electron chi connectivity index (χ3n) is 3.79. The number of anilines is 2. The topological polar surface area (TPSA) is 87.5 Å². The number of amides is 3. The van der Waals surface area contributed by atoms with E-state index in [4.69, 9.17) is 27.7 Å². The zero-order chi connectivity index (χ0) is 19.3. The highest BCUT2D eigenvalue weighted by molar-refractivity contribution is 6.39.